The largest absolute Gasteiger partial charge is 0.493 e. The average molecular weight is 583 g/mol. The maximum atomic E-state index is 13.9. The summed E-state index contributed by atoms with van der Waals surface area (Å²) in [5.74, 6) is -1.59. The minimum Gasteiger partial charge on any atom is -0.493 e. The third-order valence-corrected chi connectivity index (χ3v) is 8.81. The quantitative estimate of drug-likeness (QED) is 0.228. The molecule has 1 fully saturated rings. The minimum absolute atomic E-state index is 0.0129. The second kappa shape index (κ2) is 11.4. The predicted molar refractivity (Wildman–Crippen MR) is 161 cm³/mol. The summed E-state index contributed by atoms with van der Waals surface area (Å²) >= 11 is 1.56. The van der Waals surface area contributed by atoms with E-state index in [0.717, 1.165) is 46.4 Å². The van der Waals surface area contributed by atoms with Gasteiger partial charge in [0.1, 0.15) is 11.4 Å². The molecule has 3 heterocycles. The monoisotopic (exact) mass is 582 g/mol. The van der Waals surface area contributed by atoms with E-state index in [9.17, 15) is 19.5 Å². The van der Waals surface area contributed by atoms with Gasteiger partial charge in [-0.2, -0.15) is 0 Å². The highest BCUT2D eigenvalue weighted by Crippen LogP contribution is 2.43. The molecule has 0 atom stereocenters. The zero-order chi connectivity index (χ0) is 29.4. The van der Waals surface area contributed by atoms with E-state index in [2.05, 4.69) is 15.6 Å². The van der Waals surface area contributed by atoms with Crippen LogP contribution in [0.1, 0.15) is 67.3 Å². The zero-order valence-electron chi connectivity index (χ0n) is 23.0. The Balaban J connectivity index is 1.47. The number of amides is 2. The highest BCUT2D eigenvalue weighted by molar-refractivity contribution is 7.13. The number of hydrogen-bond acceptors (Lipinski definition) is 7. The molecule has 1 aliphatic carbocycles. The number of aromatic nitrogens is 1. The first-order valence-electron chi connectivity index (χ1n) is 13.9. The van der Waals surface area contributed by atoms with Crippen molar-refractivity contribution in [3.8, 4) is 27.3 Å². The molecule has 4 aromatic rings. The average Bonchev–Trinajstić information content (AvgIpc) is 3.36. The molecule has 42 heavy (non-hydrogen) atoms. The molecule has 1 aliphatic heterocycles. The number of carbonyl (C=O) groups excluding carboxylic acids is 2. The number of anilines is 1. The van der Waals surface area contributed by atoms with Crippen LogP contribution in [0.25, 0.3) is 21.6 Å². The van der Waals surface area contributed by atoms with E-state index in [1.807, 2.05) is 30.5 Å². The molecule has 214 valence electrons. The standard InChI is InChI=1S/C32H30N4O5S/c1-17-13-18(16-33)5-7-25(17)36-30(37)23-14-24-27(41-11-9-19-10-12-42-29(19)24)15-22(23)21-6-8-26(35-28(21)32(39)40)31(38)34-20-3-2-4-20/h5-8,10,12-15,20H,2-4,9,11,16,33H2,1H3,(H,34,38)(H,36,37)(H,39,40). The Bertz CT molecular complexity index is 1730. The lowest BCUT2D eigenvalue weighted by molar-refractivity contribution is 0.0691. The van der Waals surface area contributed by atoms with Gasteiger partial charge in [0, 0.05) is 51.8 Å². The molecular weight excluding hydrogens is 552 g/mol. The fourth-order valence-corrected chi connectivity index (χ4v) is 6.26. The SMILES string of the molecule is Cc1cc(CN)ccc1NC(=O)c1cc2c(cc1-c1ccc(C(=O)NC3CCC3)nc1C(=O)O)OCCc1ccsc1-2. The van der Waals surface area contributed by atoms with Gasteiger partial charge in [-0.15, -0.1) is 11.3 Å². The van der Waals surface area contributed by atoms with Gasteiger partial charge in [0.15, 0.2) is 5.69 Å². The Morgan fingerprint density at radius 3 is 2.60 bits per heavy atom. The molecule has 5 N–H and O–H groups in total. The first kappa shape index (κ1) is 27.6. The number of aryl methyl sites for hydroxylation is 1. The number of nitrogens with two attached hydrogens (primary N) is 1. The molecule has 2 aromatic heterocycles. The number of benzene rings is 2. The molecule has 1 saturated carbocycles. The first-order valence-corrected chi connectivity index (χ1v) is 14.7. The lowest BCUT2D eigenvalue weighted by Gasteiger charge is -2.26. The molecule has 0 radical (unpaired) electrons. The summed E-state index contributed by atoms with van der Waals surface area (Å²) in [5.41, 5.74) is 10.6. The fourth-order valence-electron chi connectivity index (χ4n) is 5.29. The Hall–Kier alpha value is -4.54. The van der Waals surface area contributed by atoms with Crippen LogP contribution < -0.4 is 21.1 Å². The molecule has 0 bridgehead atoms. The minimum atomic E-state index is -1.31. The second-order valence-electron chi connectivity index (χ2n) is 10.6. The van der Waals surface area contributed by atoms with E-state index in [4.69, 9.17) is 10.5 Å². The summed E-state index contributed by atoms with van der Waals surface area (Å²) in [6.07, 6.45) is 3.55. The smallest absolute Gasteiger partial charge is 0.355 e. The predicted octanol–water partition coefficient (Wildman–Crippen LogP) is 5.41. The first-order chi connectivity index (χ1) is 20.3. The molecular formula is C32H30N4O5S. The number of hydrogen-bond donors (Lipinski definition) is 4. The molecule has 6 rings (SSSR count). The number of carboxylic acid groups (broad SMARTS) is 1. The number of carboxylic acids is 1. The van der Waals surface area contributed by atoms with Crippen LogP contribution in [0.15, 0.2) is 53.9 Å². The van der Waals surface area contributed by atoms with E-state index < -0.39 is 17.8 Å². The number of nitrogens with zero attached hydrogens (tertiary/aromatic N) is 1. The molecule has 9 nitrogen and oxygen atoms in total. The molecule has 10 heteroatoms. The summed E-state index contributed by atoms with van der Waals surface area (Å²) in [6.45, 7) is 2.71. The Morgan fingerprint density at radius 2 is 1.88 bits per heavy atom. The van der Waals surface area contributed by atoms with Gasteiger partial charge in [0.25, 0.3) is 11.8 Å². The fraction of sp³-hybridized carbons (Fsp3) is 0.250. The van der Waals surface area contributed by atoms with Crippen LogP contribution >= 0.6 is 11.3 Å². The maximum Gasteiger partial charge on any atom is 0.355 e. The van der Waals surface area contributed by atoms with Crippen LogP contribution in [0.4, 0.5) is 5.69 Å². The van der Waals surface area contributed by atoms with Gasteiger partial charge in [0.05, 0.1) is 6.61 Å². The van der Waals surface area contributed by atoms with Crippen LogP contribution in [0, 0.1) is 6.92 Å². The van der Waals surface area contributed by atoms with Gasteiger partial charge in [-0.3, -0.25) is 9.59 Å². The van der Waals surface area contributed by atoms with Crippen molar-refractivity contribution in [2.75, 3.05) is 11.9 Å². The van der Waals surface area contributed by atoms with Crippen molar-refractivity contribution in [1.29, 1.82) is 0 Å². The van der Waals surface area contributed by atoms with Crippen LogP contribution in [0.2, 0.25) is 0 Å². The van der Waals surface area contributed by atoms with Gasteiger partial charge in [-0.05, 0) is 84.7 Å². The topological polar surface area (TPSA) is 144 Å². The number of fused-ring (bicyclic) bond motifs is 3. The third-order valence-electron chi connectivity index (χ3n) is 7.82. The maximum absolute atomic E-state index is 13.9. The molecule has 0 unspecified atom stereocenters. The number of carbonyl (C=O) groups is 3. The zero-order valence-corrected chi connectivity index (χ0v) is 23.8. The number of thiophene rings is 1. The van der Waals surface area contributed by atoms with Gasteiger partial charge in [-0.25, -0.2) is 9.78 Å². The van der Waals surface area contributed by atoms with Crippen molar-refractivity contribution in [2.45, 2.75) is 45.2 Å². The third kappa shape index (κ3) is 5.26. The normalized spacial score (nSPS) is 14.0. The van der Waals surface area contributed by atoms with E-state index in [0.29, 0.717) is 36.6 Å². The highest BCUT2D eigenvalue weighted by Gasteiger charge is 2.27. The summed E-state index contributed by atoms with van der Waals surface area (Å²) in [6, 6.07) is 14.2. The van der Waals surface area contributed by atoms with E-state index in [-0.39, 0.29) is 28.6 Å². The molecule has 2 amide bonds. The highest BCUT2D eigenvalue weighted by atomic mass is 32.1. The van der Waals surface area contributed by atoms with Crippen molar-refractivity contribution in [3.05, 3.63) is 87.6 Å². The molecule has 2 aliphatic rings. The van der Waals surface area contributed by atoms with E-state index >= 15 is 0 Å². The van der Waals surface area contributed by atoms with E-state index in [1.165, 1.54) is 6.07 Å². The Kier molecular flexibility index (Phi) is 7.49. The van der Waals surface area contributed by atoms with Gasteiger partial charge in [0.2, 0.25) is 0 Å². The molecule has 0 saturated heterocycles. The van der Waals surface area contributed by atoms with Gasteiger partial charge < -0.3 is 26.2 Å². The second-order valence-corrected chi connectivity index (χ2v) is 11.5. The van der Waals surface area contributed by atoms with Crippen LogP contribution in [0.5, 0.6) is 5.75 Å². The van der Waals surface area contributed by atoms with Gasteiger partial charge >= 0.3 is 5.97 Å². The van der Waals surface area contributed by atoms with Crippen LogP contribution in [-0.4, -0.2) is 40.5 Å². The van der Waals surface area contributed by atoms with Crippen molar-refractivity contribution in [2.24, 2.45) is 5.73 Å². The summed E-state index contributed by atoms with van der Waals surface area (Å²) in [5, 5.41) is 18.1. The lowest BCUT2D eigenvalue weighted by Crippen LogP contribution is -2.39. The molecule has 0 spiro atoms. The Labute approximate surface area is 246 Å². The number of nitrogens with one attached hydrogen (secondary N) is 2. The molecule has 2 aromatic carbocycles. The lowest BCUT2D eigenvalue weighted by atomic mass is 9.92. The number of ether oxygens (including phenoxy) is 1. The number of rotatable bonds is 7. The van der Waals surface area contributed by atoms with Crippen molar-refractivity contribution >= 4 is 34.8 Å². The summed E-state index contributed by atoms with van der Waals surface area (Å²) < 4.78 is 6.11. The van der Waals surface area contributed by atoms with E-state index in [1.54, 1.807) is 35.6 Å². The van der Waals surface area contributed by atoms with Crippen molar-refractivity contribution in [1.82, 2.24) is 10.3 Å². The number of pyridine rings is 1. The van der Waals surface area contributed by atoms with Crippen LogP contribution in [0.3, 0.4) is 0 Å². The number of aromatic carboxylic acids is 1. The van der Waals surface area contributed by atoms with Gasteiger partial charge in [-0.1, -0.05) is 12.1 Å². The van der Waals surface area contributed by atoms with Crippen molar-refractivity contribution in [3.63, 3.8) is 0 Å². The van der Waals surface area contributed by atoms with Crippen molar-refractivity contribution < 1.29 is 24.2 Å². The summed E-state index contributed by atoms with van der Waals surface area (Å²) in [4.78, 5) is 44.5. The Morgan fingerprint density at radius 1 is 1.05 bits per heavy atom. The summed E-state index contributed by atoms with van der Waals surface area (Å²) in [7, 11) is 0. The van der Waals surface area contributed by atoms with Crippen LogP contribution in [-0.2, 0) is 13.0 Å².